The van der Waals surface area contributed by atoms with Crippen molar-refractivity contribution in [1.29, 1.82) is 0 Å². The first-order valence-electron chi connectivity index (χ1n) is 13.6. The summed E-state index contributed by atoms with van der Waals surface area (Å²) in [5.41, 5.74) is 5.26. The molecule has 4 nitrogen and oxygen atoms in total. The Kier molecular flexibility index (Phi) is 16.3. The van der Waals surface area contributed by atoms with Crippen LogP contribution in [0.4, 0.5) is 0 Å². The average molecular weight is 450 g/mol. The SMILES string of the molecule is CCCCCCCCCCCCCCCCCCOC1=CC=CC(CCC)(C(=O)O)C1N. The summed E-state index contributed by atoms with van der Waals surface area (Å²) < 4.78 is 5.89. The third-order valence-electron chi connectivity index (χ3n) is 6.84. The fourth-order valence-corrected chi connectivity index (χ4v) is 4.72. The molecule has 0 aromatic rings. The minimum absolute atomic E-state index is 0.528. The number of hydrogen-bond donors (Lipinski definition) is 2. The molecule has 32 heavy (non-hydrogen) atoms. The largest absolute Gasteiger partial charge is 0.496 e. The lowest BCUT2D eigenvalue weighted by Gasteiger charge is -2.35. The lowest BCUT2D eigenvalue weighted by molar-refractivity contribution is -0.147. The quantitative estimate of drug-likeness (QED) is 0.175. The van der Waals surface area contributed by atoms with E-state index in [-0.39, 0.29) is 0 Å². The van der Waals surface area contributed by atoms with Crippen LogP contribution in [0.15, 0.2) is 24.0 Å². The Hall–Kier alpha value is -1.29. The van der Waals surface area contributed by atoms with Gasteiger partial charge in [0.05, 0.1) is 12.6 Å². The van der Waals surface area contributed by atoms with Crippen molar-refractivity contribution >= 4 is 5.97 Å². The normalized spacial score (nSPS) is 20.3. The smallest absolute Gasteiger partial charge is 0.315 e. The van der Waals surface area contributed by atoms with Gasteiger partial charge >= 0.3 is 5.97 Å². The van der Waals surface area contributed by atoms with Gasteiger partial charge in [0.15, 0.2) is 0 Å². The first-order valence-corrected chi connectivity index (χ1v) is 13.6. The maximum Gasteiger partial charge on any atom is 0.315 e. The molecule has 0 fully saturated rings. The Labute approximate surface area is 198 Å². The van der Waals surface area contributed by atoms with Gasteiger partial charge in [0, 0.05) is 0 Å². The average Bonchev–Trinajstić information content (AvgIpc) is 2.78. The fraction of sp³-hybridized carbons (Fsp3) is 0.821. The van der Waals surface area contributed by atoms with Gasteiger partial charge in [-0.2, -0.15) is 0 Å². The molecule has 0 saturated carbocycles. The molecule has 4 heteroatoms. The van der Waals surface area contributed by atoms with Gasteiger partial charge in [0.2, 0.25) is 0 Å². The van der Waals surface area contributed by atoms with Crippen LogP contribution in [0.1, 0.15) is 129 Å². The lowest BCUT2D eigenvalue weighted by atomic mass is 9.73. The summed E-state index contributed by atoms with van der Waals surface area (Å²) in [6, 6.07) is -0.606. The van der Waals surface area contributed by atoms with E-state index in [4.69, 9.17) is 10.5 Å². The van der Waals surface area contributed by atoms with Crippen molar-refractivity contribution in [3.05, 3.63) is 24.0 Å². The van der Waals surface area contributed by atoms with Crippen molar-refractivity contribution < 1.29 is 14.6 Å². The first kappa shape index (κ1) is 28.7. The van der Waals surface area contributed by atoms with Crippen molar-refractivity contribution in [2.24, 2.45) is 11.1 Å². The van der Waals surface area contributed by atoms with E-state index in [1.807, 2.05) is 13.0 Å². The number of carbonyl (C=O) groups is 1. The van der Waals surface area contributed by atoms with Crippen LogP contribution >= 0.6 is 0 Å². The molecule has 0 spiro atoms. The summed E-state index contributed by atoms with van der Waals surface area (Å²) in [5.74, 6) is -0.246. The van der Waals surface area contributed by atoms with E-state index >= 15 is 0 Å². The fourth-order valence-electron chi connectivity index (χ4n) is 4.72. The highest BCUT2D eigenvalue weighted by Gasteiger charge is 2.45. The Morgan fingerprint density at radius 1 is 0.844 bits per heavy atom. The highest BCUT2D eigenvalue weighted by atomic mass is 16.5. The molecular weight excluding hydrogens is 398 g/mol. The number of ether oxygens (including phenoxy) is 1. The van der Waals surface area contributed by atoms with E-state index in [2.05, 4.69) is 6.92 Å². The van der Waals surface area contributed by atoms with Gasteiger partial charge in [-0.05, 0) is 18.9 Å². The summed E-state index contributed by atoms with van der Waals surface area (Å²) >= 11 is 0. The van der Waals surface area contributed by atoms with Gasteiger partial charge < -0.3 is 15.6 Å². The molecule has 2 unspecified atom stereocenters. The van der Waals surface area contributed by atoms with E-state index in [9.17, 15) is 9.90 Å². The number of carboxylic acids is 1. The van der Waals surface area contributed by atoms with Gasteiger partial charge in [0.25, 0.3) is 0 Å². The maximum absolute atomic E-state index is 11.8. The molecule has 0 radical (unpaired) electrons. The highest BCUT2D eigenvalue weighted by molar-refractivity contribution is 5.79. The summed E-state index contributed by atoms with van der Waals surface area (Å²) in [6.07, 6.45) is 28.2. The number of rotatable bonds is 21. The number of allylic oxidation sites excluding steroid dienone is 2. The molecule has 0 heterocycles. The van der Waals surface area contributed by atoms with Crippen LogP contribution in [0.2, 0.25) is 0 Å². The highest BCUT2D eigenvalue weighted by Crippen LogP contribution is 2.36. The zero-order valence-corrected chi connectivity index (χ0v) is 21.1. The van der Waals surface area contributed by atoms with Crippen molar-refractivity contribution in [2.75, 3.05) is 6.61 Å². The summed E-state index contributed by atoms with van der Waals surface area (Å²) in [7, 11) is 0. The summed E-state index contributed by atoms with van der Waals surface area (Å²) in [6.45, 7) is 4.88. The van der Waals surface area contributed by atoms with Crippen LogP contribution in [0.3, 0.4) is 0 Å². The zero-order valence-electron chi connectivity index (χ0n) is 21.1. The van der Waals surface area contributed by atoms with E-state index in [0.717, 1.165) is 19.3 Å². The van der Waals surface area contributed by atoms with Gasteiger partial charge in [-0.3, -0.25) is 4.79 Å². The van der Waals surface area contributed by atoms with Crippen LogP contribution < -0.4 is 5.73 Å². The number of nitrogens with two attached hydrogens (primary N) is 1. The van der Waals surface area contributed by atoms with E-state index in [0.29, 0.717) is 18.8 Å². The Bertz CT molecular complexity index is 543. The number of carboxylic acid groups (broad SMARTS) is 1. The van der Waals surface area contributed by atoms with Crippen LogP contribution in [0, 0.1) is 5.41 Å². The van der Waals surface area contributed by atoms with Crippen LogP contribution in [-0.2, 0) is 9.53 Å². The molecule has 2 atom stereocenters. The summed E-state index contributed by atoms with van der Waals surface area (Å²) in [4.78, 5) is 11.8. The van der Waals surface area contributed by atoms with Gasteiger partial charge in [-0.25, -0.2) is 0 Å². The first-order chi connectivity index (χ1) is 15.6. The molecule has 0 bridgehead atoms. The van der Waals surface area contributed by atoms with Gasteiger partial charge in [-0.15, -0.1) is 0 Å². The number of aliphatic carboxylic acids is 1. The predicted molar refractivity (Wildman–Crippen MR) is 136 cm³/mol. The third kappa shape index (κ3) is 11.0. The van der Waals surface area contributed by atoms with Crippen molar-refractivity contribution in [1.82, 2.24) is 0 Å². The Morgan fingerprint density at radius 2 is 1.31 bits per heavy atom. The van der Waals surface area contributed by atoms with Gasteiger partial charge in [-0.1, -0.05) is 129 Å². The third-order valence-corrected chi connectivity index (χ3v) is 6.84. The lowest BCUT2D eigenvalue weighted by Crippen LogP contribution is -2.49. The molecule has 1 rings (SSSR count). The Morgan fingerprint density at radius 3 is 1.75 bits per heavy atom. The van der Waals surface area contributed by atoms with Crippen LogP contribution in [0.5, 0.6) is 0 Å². The standard InChI is InChI=1S/C28H51NO3/c1-3-5-6-7-8-9-10-11-12-13-14-15-16-17-18-19-24-32-25-21-20-23-28(22-4-2,26(25)29)27(30)31/h20-21,23,26H,3-19,22,24,29H2,1-2H3,(H,30,31). The zero-order chi connectivity index (χ0) is 23.5. The second-order valence-electron chi connectivity index (χ2n) is 9.65. The molecule has 0 aromatic heterocycles. The number of hydrogen-bond acceptors (Lipinski definition) is 3. The summed E-state index contributed by atoms with van der Waals surface area (Å²) in [5, 5.41) is 9.71. The Balaban J connectivity index is 1.97. The predicted octanol–water partition coefficient (Wildman–Crippen LogP) is 7.92. The molecule has 0 amide bonds. The molecule has 0 aliphatic heterocycles. The van der Waals surface area contributed by atoms with Crippen LogP contribution in [0.25, 0.3) is 0 Å². The van der Waals surface area contributed by atoms with Crippen molar-refractivity contribution in [3.63, 3.8) is 0 Å². The number of unbranched alkanes of at least 4 members (excludes halogenated alkanes) is 15. The van der Waals surface area contributed by atoms with E-state index < -0.39 is 17.4 Å². The molecule has 3 N–H and O–H groups in total. The second kappa shape index (κ2) is 18.2. The molecule has 186 valence electrons. The van der Waals surface area contributed by atoms with Crippen molar-refractivity contribution in [2.45, 2.75) is 135 Å². The maximum atomic E-state index is 11.8. The van der Waals surface area contributed by atoms with E-state index in [1.54, 1.807) is 12.2 Å². The molecule has 1 aliphatic rings. The molecular formula is C28H51NO3. The minimum Gasteiger partial charge on any atom is -0.496 e. The van der Waals surface area contributed by atoms with Crippen LogP contribution in [-0.4, -0.2) is 23.7 Å². The molecule has 0 saturated heterocycles. The monoisotopic (exact) mass is 449 g/mol. The second-order valence-corrected chi connectivity index (χ2v) is 9.65. The minimum atomic E-state index is -1.03. The van der Waals surface area contributed by atoms with Crippen molar-refractivity contribution in [3.8, 4) is 0 Å². The van der Waals surface area contributed by atoms with Gasteiger partial charge in [0.1, 0.15) is 11.2 Å². The molecule has 0 aromatic carbocycles. The van der Waals surface area contributed by atoms with E-state index in [1.165, 1.54) is 89.9 Å². The molecule has 1 aliphatic carbocycles. The topological polar surface area (TPSA) is 72.5 Å².